The van der Waals surface area contributed by atoms with E-state index in [-0.39, 0.29) is 11.4 Å². The van der Waals surface area contributed by atoms with Crippen molar-refractivity contribution in [3.8, 4) is 0 Å². The Morgan fingerprint density at radius 3 is 2.56 bits per heavy atom. The van der Waals surface area contributed by atoms with Gasteiger partial charge in [0.05, 0.1) is 11.4 Å². The van der Waals surface area contributed by atoms with Crippen molar-refractivity contribution in [2.75, 3.05) is 13.7 Å². The number of ether oxygens (including phenoxy) is 1. The van der Waals surface area contributed by atoms with Gasteiger partial charge in [0.2, 0.25) is 10.0 Å². The number of nitrogens with one attached hydrogen (secondary N) is 2. The van der Waals surface area contributed by atoms with E-state index in [0.29, 0.717) is 11.4 Å². The number of hydrogen-bond acceptors (Lipinski definition) is 5. The first kappa shape index (κ1) is 14.6. The number of aromatic nitrogens is 2. The van der Waals surface area contributed by atoms with Gasteiger partial charge in [-0.25, -0.2) is 17.9 Å². The fourth-order valence-corrected chi connectivity index (χ4v) is 2.86. The number of methoxy groups -OCH3 is 1. The minimum absolute atomic E-state index is 0.0303. The average molecular weight is 277 g/mol. The summed E-state index contributed by atoms with van der Waals surface area (Å²) in [5.41, 5.74) is 0.716. The summed E-state index contributed by atoms with van der Waals surface area (Å²) >= 11 is 0. The maximum absolute atomic E-state index is 12.0. The van der Waals surface area contributed by atoms with Gasteiger partial charge in [0, 0.05) is 13.7 Å². The molecule has 0 saturated heterocycles. The van der Waals surface area contributed by atoms with Gasteiger partial charge < -0.3 is 9.84 Å². The lowest BCUT2D eigenvalue weighted by molar-refractivity contribution is -0.147. The second-order valence-electron chi connectivity index (χ2n) is 3.68. The highest BCUT2D eigenvalue weighted by Crippen LogP contribution is 2.16. The fraction of sp³-hybridized carbons (Fsp3) is 0.556. The summed E-state index contributed by atoms with van der Waals surface area (Å²) in [7, 11) is -2.61. The Morgan fingerprint density at radius 1 is 1.56 bits per heavy atom. The molecule has 1 atom stereocenters. The van der Waals surface area contributed by atoms with Crippen LogP contribution >= 0.6 is 0 Å². The Bertz CT molecular complexity index is 517. The molecule has 1 unspecified atom stereocenters. The monoisotopic (exact) mass is 277 g/mol. The predicted molar refractivity (Wildman–Crippen MR) is 61.7 cm³/mol. The Labute approximate surface area is 104 Å². The lowest BCUT2D eigenvalue weighted by atomic mass is 10.4. The van der Waals surface area contributed by atoms with Crippen LogP contribution in [0, 0.1) is 13.8 Å². The van der Waals surface area contributed by atoms with Crippen LogP contribution in [0.5, 0.6) is 0 Å². The highest BCUT2D eigenvalue weighted by atomic mass is 32.2. The predicted octanol–water partition coefficient (Wildman–Crippen LogP) is -0.596. The van der Waals surface area contributed by atoms with E-state index >= 15 is 0 Å². The number of nitrogens with zero attached hydrogens (tertiary/aromatic N) is 1. The molecule has 1 aromatic rings. The molecule has 1 rings (SSSR count). The van der Waals surface area contributed by atoms with Crippen LogP contribution in [0.15, 0.2) is 4.90 Å². The number of sulfonamides is 1. The molecule has 1 aromatic heterocycles. The van der Waals surface area contributed by atoms with E-state index < -0.39 is 22.1 Å². The molecule has 0 radical (unpaired) electrons. The van der Waals surface area contributed by atoms with E-state index in [1.54, 1.807) is 13.8 Å². The van der Waals surface area contributed by atoms with Crippen molar-refractivity contribution in [1.82, 2.24) is 14.9 Å². The van der Waals surface area contributed by atoms with Crippen LogP contribution in [-0.4, -0.2) is 49.4 Å². The number of aryl methyl sites for hydroxylation is 2. The smallest absolute Gasteiger partial charge is 0.334 e. The number of aromatic amines is 1. The zero-order valence-electron chi connectivity index (χ0n) is 10.2. The molecule has 0 amide bonds. The highest BCUT2D eigenvalue weighted by molar-refractivity contribution is 7.89. The van der Waals surface area contributed by atoms with E-state index in [1.807, 2.05) is 0 Å². The summed E-state index contributed by atoms with van der Waals surface area (Å²) in [6.45, 7) is 2.76. The Hall–Kier alpha value is -1.45. The summed E-state index contributed by atoms with van der Waals surface area (Å²) < 4.78 is 30.7. The van der Waals surface area contributed by atoms with Crippen molar-refractivity contribution >= 4 is 16.0 Å². The Morgan fingerprint density at radius 2 is 2.17 bits per heavy atom. The molecular weight excluding hydrogens is 262 g/mol. The van der Waals surface area contributed by atoms with Crippen molar-refractivity contribution < 1.29 is 23.1 Å². The minimum atomic E-state index is -3.80. The van der Waals surface area contributed by atoms with Crippen LogP contribution in [0.4, 0.5) is 0 Å². The van der Waals surface area contributed by atoms with Crippen molar-refractivity contribution in [2.24, 2.45) is 0 Å². The second-order valence-corrected chi connectivity index (χ2v) is 5.38. The summed E-state index contributed by atoms with van der Waals surface area (Å²) in [4.78, 5) is 10.7. The molecule has 8 nitrogen and oxygen atoms in total. The third kappa shape index (κ3) is 3.06. The topological polar surface area (TPSA) is 121 Å². The number of carboxylic acid groups (broad SMARTS) is 1. The quantitative estimate of drug-likeness (QED) is 0.638. The van der Waals surface area contributed by atoms with E-state index in [2.05, 4.69) is 19.7 Å². The van der Waals surface area contributed by atoms with Gasteiger partial charge in [-0.1, -0.05) is 0 Å². The maximum atomic E-state index is 12.0. The van der Waals surface area contributed by atoms with E-state index in [4.69, 9.17) is 5.11 Å². The zero-order chi connectivity index (χ0) is 13.9. The molecule has 1 heterocycles. The number of rotatable bonds is 6. The SMILES string of the molecule is COC(CNS(=O)(=O)c1c(C)n[nH]c1C)C(=O)O. The molecule has 0 aliphatic rings. The normalized spacial score (nSPS) is 13.5. The van der Waals surface area contributed by atoms with Crippen LogP contribution in [0.25, 0.3) is 0 Å². The zero-order valence-corrected chi connectivity index (χ0v) is 11.0. The molecule has 3 N–H and O–H groups in total. The van der Waals surface area contributed by atoms with Crippen LogP contribution in [0.2, 0.25) is 0 Å². The number of aliphatic carboxylic acids is 1. The number of carboxylic acids is 1. The lowest BCUT2D eigenvalue weighted by Gasteiger charge is -2.12. The van der Waals surface area contributed by atoms with Crippen LogP contribution in [0.1, 0.15) is 11.4 Å². The molecule has 0 aliphatic carbocycles. The maximum Gasteiger partial charge on any atom is 0.334 e. The molecule has 0 spiro atoms. The molecule has 0 aliphatic heterocycles. The molecule has 0 bridgehead atoms. The average Bonchev–Trinajstić information content (AvgIpc) is 2.59. The third-order valence-electron chi connectivity index (χ3n) is 2.35. The molecule has 9 heteroatoms. The lowest BCUT2D eigenvalue weighted by Crippen LogP contribution is -2.38. The van der Waals surface area contributed by atoms with Gasteiger partial charge in [0.1, 0.15) is 4.90 Å². The van der Waals surface area contributed by atoms with Gasteiger partial charge >= 0.3 is 5.97 Å². The van der Waals surface area contributed by atoms with Gasteiger partial charge in [-0.2, -0.15) is 5.10 Å². The van der Waals surface area contributed by atoms with Gasteiger partial charge in [-0.15, -0.1) is 0 Å². The number of carbonyl (C=O) groups is 1. The molecule has 0 fully saturated rings. The third-order valence-corrected chi connectivity index (χ3v) is 4.03. The van der Waals surface area contributed by atoms with Crippen LogP contribution in [-0.2, 0) is 19.6 Å². The first-order valence-corrected chi connectivity index (χ1v) is 6.54. The Kier molecular flexibility index (Phi) is 4.43. The summed E-state index contributed by atoms with van der Waals surface area (Å²) in [5.74, 6) is -1.24. The molecule has 18 heavy (non-hydrogen) atoms. The fourth-order valence-electron chi connectivity index (χ4n) is 1.47. The first-order chi connectivity index (χ1) is 8.29. The van der Waals surface area contributed by atoms with E-state index in [1.165, 1.54) is 7.11 Å². The van der Waals surface area contributed by atoms with Gasteiger partial charge in [0.25, 0.3) is 0 Å². The van der Waals surface area contributed by atoms with Crippen molar-refractivity contribution in [3.63, 3.8) is 0 Å². The molecule has 0 aromatic carbocycles. The van der Waals surface area contributed by atoms with Crippen molar-refractivity contribution in [3.05, 3.63) is 11.4 Å². The minimum Gasteiger partial charge on any atom is -0.479 e. The largest absolute Gasteiger partial charge is 0.479 e. The van der Waals surface area contributed by atoms with Gasteiger partial charge in [-0.05, 0) is 13.8 Å². The standard InChI is InChI=1S/C9H15N3O5S/c1-5-8(6(2)12-11-5)18(15,16)10-4-7(17-3)9(13)14/h7,10H,4H2,1-3H3,(H,11,12)(H,13,14). The van der Waals surface area contributed by atoms with E-state index in [0.717, 1.165) is 0 Å². The number of H-pyrrole nitrogens is 1. The summed E-state index contributed by atoms with van der Waals surface area (Å²) in [5, 5.41) is 15.1. The first-order valence-electron chi connectivity index (χ1n) is 5.06. The Balaban J connectivity index is 2.87. The van der Waals surface area contributed by atoms with Gasteiger partial charge in [-0.3, -0.25) is 5.10 Å². The number of hydrogen-bond donors (Lipinski definition) is 3. The second kappa shape index (κ2) is 5.46. The summed E-state index contributed by atoms with van der Waals surface area (Å²) in [6, 6.07) is 0. The van der Waals surface area contributed by atoms with E-state index in [9.17, 15) is 13.2 Å². The van der Waals surface area contributed by atoms with Crippen LogP contribution in [0.3, 0.4) is 0 Å². The highest BCUT2D eigenvalue weighted by Gasteiger charge is 2.25. The molecular formula is C9H15N3O5S. The van der Waals surface area contributed by atoms with Gasteiger partial charge in [0.15, 0.2) is 6.10 Å². The molecule has 102 valence electrons. The van der Waals surface area contributed by atoms with Crippen molar-refractivity contribution in [1.29, 1.82) is 0 Å². The van der Waals surface area contributed by atoms with Crippen LogP contribution < -0.4 is 4.72 Å². The summed E-state index contributed by atoms with van der Waals surface area (Å²) in [6.07, 6.45) is -1.23. The van der Waals surface area contributed by atoms with Crippen molar-refractivity contribution in [2.45, 2.75) is 24.8 Å². The molecule has 0 saturated carbocycles.